The fraction of sp³-hybridized carbons (Fsp3) is 0.517. The van der Waals surface area contributed by atoms with Crippen molar-refractivity contribution < 1.29 is 5.11 Å². The Labute approximate surface area is 194 Å². The number of hydrogen-bond acceptors (Lipinski definition) is 2. The molecule has 2 aromatic rings. The van der Waals surface area contributed by atoms with Crippen molar-refractivity contribution in [2.24, 2.45) is 5.92 Å². The lowest BCUT2D eigenvalue weighted by molar-refractivity contribution is 0.300. The molecule has 0 heterocycles. The lowest BCUT2D eigenvalue weighted by Gasteiger charge is -2.31. The van der Waals surface area contributed by atoms with Crippen LogP contribution in [0.1, 0.15) is 84.1 Å². The van der Waals surface area contributed by atoms with E-state index in [9.17, 15) is 5.11 Å². The molecule has 0 saturated heterocycles. The first kappa shape index (κ1) is 31.0. The number of rotatable bonds is 8. The molecule has 2 nitrogen and oxygen atoms in total. The molecule has 1 N–H and O–H groups in total. The molecule has 2 aromatic carbocycles. The fourth-order valence-electron chi connectivity index (χ4n) is 3.20. The summed E-state index contributed by atoms with van der Waals surface area (Å²) in [5.41, 5.74) is 6.52. The van der Waals surface area contributed by atoms with Gasteiger partial charge in [-0.2, -0.15) is 0 Å². The molecule has 176 valence electrons. The van der Waals surface area contributed by atoms with E-state index < -0.39 is 0 Å². The Hall–Kier alpha value is -2.22. The third-order valence-electron chi connectivity index (χ3n) is 5.02. The van der Waals surface area contributed by atoms with Gasteiger partial charge in [0, 0.05) is 18.8 Å². The Balaban J connectivity index is 0. The third-order valence-corrected chi connectivity index (χ3v) is 5.02. The quantitative estimate of drug-likeness (QED) is 0.455. The van der Waals surface area contributed by atoms with Gasteiger partial charge in [0.15, 0.2) is 0 Å². The summed E-state index contributed by atoms with van der Waals surface area (Å²) < 4.78 is 0. The number of aromatic hydroxyl groups is 1. The molecular formula is C29H49NO. The molecule has 0 aromatic heterocycles. The van der Waals surface area contributed by atoms with Crippen LogP contribution in [0, 0.1) is 19.8 Å². The average molecular weight is 428 g/mol. The summed E-state index contributed by atoms with van der Waals surface area (Å²) in [5.74, 6) is 0.680. The van der Waals surface area contributed by atoms with Crippen molar-refractivity contribution in [3.63, 3.8) is 0 Å². The molecular weight excluding hydrogens is 378 g/mol. The van der Waals surface area contributed by atoms with Gasteiger partial charge in [-0.1, -0.05) is 92.3 Å². The van der Waals surface area contributed by atoms with Crippen LogP contribution < -0.4 is 0 Å². The Bertz CT molecular complexity index is 703. The Morgan fingerprint density at radius 1 is 0.935 bits per heavy atom. The molecule has 0 fully saturated rings. The van der Waals surface area contributed by atoms with Crippen LogP contribution >= 0.6 is 0 Å². The predicted molar refractivity (Wildman–Crippen MR) is 141 cm³/mol. The molecule has 0 aliphatic heterocycles. The summed E-state index contributed by atoms with van der Waals surface area (Å²) in [6, 6.07) is 14.0. The molecule has 0 bridgehead atoms. The molecule has 0 spiro atoms. The highest BCUT2D eigenvalue weighted by molar-refractivity contribution is 5.33. The van der Waals surface area contributed by atoms with E-state index >= 15 is 0 Å². The molecule has 2 rings (SSSR count). The van der Waals surface area contributed by atoms with E-state index in [-0.39, 0.29) is 0 Å². The van der Waals surface area contributed by atoms with E-state index in [1.165, 1.54) is 28.0 Å². The Kier molecular flexibility index (Phi) is 18.5. The van der Waals surface area contributed by atoms with Crippen LogP contribution in [-0.4, -0.2) is 16.6 Å². The second-order valence-corrected chi connectivity index (χ2v) is 7.04. The Morgan fingerprint density at radius 2 is 1.48 bits per heavy atom. The van der Waals surface area contributed by atoms with E-state index in [0.717, 1.165) is 25.9 Å². The molecule has 1 atom stereocenters. The summed E-state index contributed by atoms with van der Waals surface area (Å²) >= 11 is 0. The summed E-state index contributed by atoms with van der Waals surface area (Å²) in [5, 5.41) is 9.44. The topological polar surface area (TPSA) is 23.5 Å². The van der Waals surface area contributed by atoms with Gasteiger partial charge in [-0.05, 0) is 67.0 Å². The fourth-order valence-corrected chi connectivity index (χ4v) is 3.20. The van der Waals surface area contributed by atoms with Gasteiger partial charge >= 0.3 is 0 Å². The van der Waals surface area contributed by atoms with Crippen molar-refractivity contribution in [1.82, 2.24) is 4.90 Å². The number of hydrogen-bond donors (Lipinski definition) is 1. The van der Waals surface area contributed by atoms with E-state index in [1.54, 1.807) is 12.1 Å². The third kappa shape index (κ3) is 11.1. The minimum absolute atomic E-state index is 0.317. The van der Waals surface area contributed by atoms with Gasteiger partial charge in [-0.25, -0.2) is 0 Å². The van der Waals surface area contributed by atoms with Gasteiger partial charge < -0.3 is 10.0 Å². The SMILES string of the molecule is C=C(C(C)Cc1ccc(O)cc1)N(CCC)Cc1cccc(C)c1C.CC.CC.CC. The van der Waals surface area contributed by atoms with Crippen LogP contribution in [0.2, 0.25) is 0 Å². The van der Waals surface area contributed by atoms with Crippen molar-refractivity contribution in [1.29, 1.82) is 0 Å². The van der Waals surface area contributed by atoms with Crippen molar-refractivity contribution in [3.05, 3.63) is 77.0 Å². The minimum atomic E-state index is 0.317. The Morgan fingerprint density at radius 3 is 2.00 bits per heavy atom. The number of phenolic OH excluding ortho intramolecular Hbond substituents is 1. The summed E-state index contributed by atoms with van der Waals surface area (Å²) in [6.45, 7) is 27.2. The molecule has 0 radical (unpaired) electrons. The highest BCUT2D eigenvalue weighted by atomic mass is 16.3. The average Bonchev–Trinajstić information content (AvgIpc) is 2.81. The lowest BCUT2D eigenvalue weighted by Crippen LogP contribution is -2.27. The molecule has 1 unspecified atom stereocenters. The number of phenols is 1. The maximum atomic E-state index is 9.44. The molecule has 31 heavy (non-hydrogen) atoms. The first-order valence-corrected chi connectivity index (χ1v) is 12.2. The lowest BCUT2D eigenvalue weighted by atomic mass is 9.96. The minimum Gasteiger partial charge on any atom is -0.508 e. The van der Waals surface area contributed by atoms with Gasteiger partial charge in [0.2, 0.25) is 0 Å². The molecule has 0 amide bonds. The van der Waals surface area contributed by atoms with Gasteiger partial charge in [0.05, 0.1) is 0 Å². The molecule has 0 aliphatic rings. The van der Waals surface area contributed by atoms with Gasteiger partial charge in [0.1, 0.15) is 5.75 Å². The highest BCUT2D eigenvalue weighted by Crippen LogP contribution is 2.24. The molecule has 2 heteroatoms. The number of aryl methyl sites for hydroxylation is 1. The van der Waals surface area contributed by atoms with Gasteiger partial charge in [0.25, 0.3) is 0 Å². The van der Waals surface area contributed by atoms with Crippen molar-refractivity contribution in [2.45, 2.75) is 88.6 Å². The van der Waals surface area contributed by atoms with Crippen molar-refractivity contribution in [3.8, 4) is 5.75 Å². The second kappa shape index (κ2) is 18.5. The van der Waals surface area contributed by atoms with Crippen LogP contribution in [0.25, 0.3) is 0 Å². The van der Waals surface area contributed by atoms with E-state index in [1.807, 2.05) is 53.7 Å². The zero-order chi connectivity index (χ0) is 24.4. The number of nitrogens with zero attached hydrogens (tertiary/aromatic N) is 1. The number of allylic oxidation sites excluding steroid dienone is 1. The van der Waals surface area contributed by atoms with Crippen LogP contribution in [-0.2, 0) is 13.0 Å². The van der Waals surface area contributed by atoms with Crippen molar-refractivity contribution in [2.75, 3.05) is 6.54 Å². The summed E-state index contributed by atoms with van der Waals surface area (Å²) in [4.78, 5) is 2.42. The first-order chi connectivity index (χ1) is 14.9. The number of benzene rings is 2. The monoisotopic (exact) mass is 427 g/mol. The zero-order valence-corrected chi connectivity index (χ0v) is 22.0. The zero-order valence-electron chi connectivity index (χ0n) is 22.0. The molecule has 0 aliphatic carbocycles. The summed E-state index contributed by atoms with van der Waals surface area (Å²) in [6.07, 6.45) is 2.04. The van der Waals surface area contributed by atoms with Crippen LogP contribution in [0.4, 0.5) is 0 Å². The van der Waals surface area contributed by atoms with Crippen LogP contribution in [0.5, 0.6) is 5.75 Å². The maximum absolute atomic E-state index is 9.44. The first-order valence-electron chi connectivity index (χ1n) is 12.2. The predicted octanol–water partition coefficient (Wildman–Crippen LogP) is 8.69. The van der Waals surface area contributed by atoms with E-state index in [2.05, 4.69) is 57.4 Å². The highest BCUT2D eigenvalue weighted by Gasteiger charge is 2.16. The molecule has 0 saturated carbocycles. The standard InChI is InChI=1S/C23H31NO.3C2H6/c1-6-14-24(16-22-9-7-8-17(2)19(22)4)20(5)18(3)15-21-10-12-23(25)13-11-21;3*1-2/h7-13,18,25H,5-6,14-16H2,1-4H3;3*1-2H3. The smallest absolute Gasteiger partial charge is 0.115 e. The maximum Gasteiger partial charge on any atom is 0.115 e. The van der Waals surface area contributed by atoms with Crippen molar-refractivity contribution >= 4 is 0 Å². The summed E-state index contributed by atoms with van der Waals surface area (Å²) in [7, 11) is 0. The van der Waals surface area contributed by atoms with E-state index in [4.69, 9.17) is 0 Å². The van der Waals surface area contributed by atoms with Gasteiger partial charge in [-0.15, -0.1) is 0 Å². The van der Waals surface area contributed by atoms with Crippen LogP contribution in [0.15, 0.2) is 54.7 Å². The second-order valence-electron chi connectivity index (χ2n) is 7.04. The van der Waals surface area contributed by atoms with Crippen LogP contribution in [0.3, 0.4) is 0 Å². The largest absolute Gasteiger partial charge is 0.508 e. The normalized spacial score (nSPS) is 10.3. The van der Waals surface area contributed by atoms with E-state index in [0.29, 0.717) is 11.7 Å². The van der Waals surface area contributed by atoms with Gasteiger partial charge in [-0.3, -0.25) is 0 Å².